The second kappa shape index (κ2) is 3.66. The summed E-state index contributed by atoms with van der Waals surface area (Å²) in [5.74, 6) is 0. The first kappa shape index (κ1) is 9.00. The molecular weight excluding hydrogens is 172 g/mol. The van der Waals surface area contributed by atoms with Gasteiger partial charge in [0.15, 0.2) is 0 Å². The van der Waals surface area contributed by atoms with E-state index in [1.807, 2.05) is 24.4 Å². The number of aromatic nitrogens is 1. The van der Waals surface area contributed by atoms with E-state index >= 15 is 0 Å². The summed E-state index contributed by atoms with van der Waals surface area (Å²) in [4.78, 5) is 4.37. The molecule has 0 amide bonds. The third-order valence-electron chi connectivity index (χ3n) is 2.05. The molecule has 0 spiro atoms. The number of nitrogens with one attached hydrogen (secondary N) is 1. The normalized spacial score (nSPS) is 10.8. The van der Waals surface area contributed by atoms with Crippen molar-refractivity contribution in [3.05, 3.63) is 36.5 Å². The fraction of sp³-hybridized carbons (Fsp3) is 0.250. The molecule has 0 unspecified atom stereocenters. The maximum Gasteiger partial charge on any atom is 0.0703 e. The molecular formula is C12H14N2. The highest BCUT2D eigenvalue weighted by Crippen LogP contribution is 2.16. The predicted molar refractivity (Wildman–Crippen MR) is 60.5 cm³/mol. The van der Waals surface area contributed by atoms with Crippen molar-refractivity contribution in [2.24, 2.45) is 0 Å². The molecule has 0 aliphatic carbocycles. The molecule has 1 aromatic carbocycles. The van der Waals surface area contributed by atoms with Gasteiger partial charge in [-0.25, -0.2) is 0 Å². The lowest BCUT2D eigenvalue weighted by Gasteiger charge is -2.09. The van der Waals surface area contributed by atoms with Crippen LogP contribution in [0.4, 0.5) is 5.69 Å². The molecule has 0 saturated heterocycles. The number of hydrogen-bond acceptors (Lipinski definition) is 2. The molecule has 2 aromatic rings. The molecule has 1 heterocycles. The van der Waals surface area contributed by atoms with E-state index < -0.39 is 0 Å². The fourth-order valence-corrected chi connectivity index (χ4v) is 1.48. The zero-order valence-electron chi connectivity index (χ0n) is 8.49. The number of rotatable bonds is 2. The van der Waals surface area contributed by atoms with E-state index in [1.165, 1.54) is 5.39 Å². The molecule has 14 heavy (non-hydrogen) atoms. The molecule has 2 rings (SSSR count). The van der Waals surface area contributed by atoms with Crippen LogP contribution in [-0.4, -0.2) is 11.0 Å². The zero-order chi connectivity index (χ0) is 9.97. The van der Waals surface area contributed by atoms with Crippen molar-refractivity contribution in [2.75, 3.05) is 5.32 Å². The summed E-state index contributed by atoms with van der Waals surface area (Å²) in [5, 5.41) is 4.51. The van der Waals surface area contributed by atoms with Crippen LogP contribution in [-0.2, 0) is 0 Å². The molecule has 0 saturated carbocycles. The molecule has 0 atom stereocenters. The molecule has 2 nitrogen and oxygen atoms in total. The lowest BCUT2D eigenvalue weighted by Crippen LogP contribution is -2.09. The highest BCUT2D eigenvalue weighted by Gasteiger charge is 1.97. The number of para-hydroxylation sites is 1. The summed E-state index contributed by atoms with van der Waals surface area (Å²) in [6, 6.07) is 10.7. The monoisotopic (exact) mass is 186 g/mol. The van der Waals surface area contributed by atoms with Gasteiger partial charge in [0.2, 0.25) is 0 Å². The maximum atomic E-state index is 4.37. The summed E-state index contributed by atoms with van der Waals surface area (Å²) in [6.07, 6.45) is 1.88. The maximum absolute atomic E-state index is 4.37. The second-order valence-corrected chi connectivity index (χ2v) is 3.72. The van der Waals surface area contributed by atoms with Crippen LogP contribution in [0.25, 0.3) is 10.9 Å². The number of hydrogen-bond donors (Lipinski definition) is 1. The lowest BCUT2D eigenvalue weighted by molar-refractivity contribution is 0.899. The van der Waals surface area contributed by atoms with E-state index in [0.29, 0.717) is 6.04 Å². The van der Waals surface area contributed by atoms with Crippen molar-refractivity contribution in [1.29, 1.82) is 0 Å². The predicted octanol–water partition coefficient (Wildman–Crippen LogP) is 3.06. The molecule has 0 bridgehead atoms. The van der Waals surface area contributed by atoms with Crippen molar-refractivity contribution in [3.63, 3.8) is 0 Å². The Morgan fingerprint density at radius 3 is 2.79 bits per heavy atom. The molecule has 0 fully saturated rings. The van der Waals surface area contributed by atoms with Gasteiger partial charge in [-0.2, -0.15) is 0 Å². The fourth-order valence-electron chi connectivity index (χ4n) is 1.48. The van der Waals surface area contributed by atoms with Crippen LogP contribution in [0, 0.1) is 0 Å². The van der Waals surface area contributed by atoms with Crippen LogP contribution in [0.1, 0.15) is 13.8 Å². The van der Waals surface area contributed by atoms with E-state index in [4.69, 9.17) is 0 Å². The summed E-state index contributed by atoms with van der Waals surface area (Å²) in [6.45, 7) is 4.24. The van der Waals surface area contributed by atoms with Gasteiger partial charge in [0, 0.05) is 11.4 Å². The first-order valence-electron chi connectivity index (χ1n) is 4.87. The van der Waals surface area contributed by atoms with Crippen molar-refractivity contribution in [1.82, 2.24) is 4.98 Å². The van der Waals surface area contributed by atoms with Gasteiger partial charge < -0.3 is 5.32 Å². The minimum Gasteiger partial charge on any atom is -0.382 e. The van der Waals surface area contributed by atoms with Gasteiger partial charge in [-0.15, -0.1) is 0 Å². The summed E-state index contributed by atoms with van der Waals surface area (Å²) < 4.78 is 0. The molecule has 0 aliphatic rings. The average molecular weight is 186 g/mol. The topological polar surface area (TPSA) is 24.9 Å². The Morgan fingerprint density at radius 2 is 2.00 bits per heavy atom. The Morgan fingerprint density at radius 1 is 1.21 bits per heavy atom. The summed E-state index contributed by atoms with van der Waals surface area (Å²) in [7, 11) is 0. The quantitative estimate of drug-likeness (QED) is 0.779. The van der Waals surface area contributed by atoms with E-state index in [9.17, 15) is 0 Å². The first-order chi connectivity index (χ1) is 6.75. The third-order valence-corrected chi connectivity index (χ3v) is 2.05. The Labute approximate surface area is 84.0 Å². The molecule has 72 valence electrons. The van der Waals surface area contributed by atoms with E-state index in [0.717, 1.165) is 11.2 Å². The van der Waals surface area contributed by atoms with E-state index in [-0.39, 0.29) is 0 Å². The number of benzene rings is 1. The molecule has 0 aliphatic heterocycles. The zero-order valence-corrected chi connectivity index (χ0v) is 8.49. The smallest absolute Gasteiger partial charge is 0.0703 e. The van der Waals surface area contributed by atoms with Crippen molar-refractivity contribution < 1.29 is 0 Å². The minimum absolute atomic E-state index is 0.443. The van der Waals surface area contributed by atoms with Gasteiger partial charge >= 0.3 is 0 Å². The van der Waals surface area contributed by atoms with Crippen LogP contribution in [0.3, 0.4) is 0 Å². The third kappa shape index (κ3) is 1.84. The average Bonchev–Trinajstić information content (AvgIpc) is 2.17. The Kier molecular flexibility index (Phi) is 2.35. The largest absolute Gasteiger partial charge is 0.382 e. The Bertz CT molecular complexity index is 435. The second-order valence-electron chi connectivity index (χ2n) is 3.72. The highest BCUT2D eigenvalue weighted by atomic mass is 14.9. The number of nitrogens with zero attached hydrogens (tertiary/aromatic N) is 1. The molecule has 2 heteroatoms. The highest BCUT2D eigenvalue weighted by molar-refractivity contribution is 5.81. The van der Waals surface area contributed by atoms with E-state index in [1.54, 1.807) is 0 Å². The standard InChI is InChI=1S/C12H14N2/c1-9(2)14-11-7-10-5-3-4-6-12(10)13-8-11/h3-9,14H,1-2H3. The van der Waals surface area contributed by atoms with Crippen LogP contribution in [0.5, 0.6) is 0 Å². The van der Waals surface area contributed by atoms with Gasteiger partial charge in [-0.05, 0) is 26.0 Å². The molecule has 1 aromatic heterocycles. The van der Waals surface area contributed by atoms with Gasteiger partial charge in [-0.1, -0.05) is 18.2 Å². The van der Waals surface area contributed by atoms with Gasteiger partial charge in [0.25, 0.3) is 0 Å². The SMILES string of the molecule is CC(C)Nc1cnc2ccccc2c1. The first-order valence-corrected chi connectivity index (χ1v) is 4.87. The molecule has 1 N–H and O–H groups in total. The van der Waals surface area contributed by atoms with Crippen molar-refractivity contribution >= 4 is 16.6 Å². The number of pyridine rings is 1. The lowest BCUT2D eigenvalue weighted by atomic mass is 10.2. The van der Waals surface area contributed by atoms with Crippen LogP contribution in [0.2, 0.25) is 0 Å². The summed E-state index contributed by atoms with van der Waals surface area (Å²) >= 11 is 0. The van der Waals surface area contributed by atoms with Crippen LogP contribution >= 0.6 is 0 Å². The van der Waals surface area contributed by atoms with Crippen LogP contribution in [0.15, 0.2) is 36.5 Å². The Balaban J connectivity index is 2.41. The van der Waals surface area contributed by atoms with E-state index in [2.05, 4.69) is 36.3 Å². The van der Waals surface area contributed by atoms with Gasteiger partial charge in [0.05, 0.1) is 17.4 Å². The van der Waals surface area contributed by atoms with Gasteiger partial charge in [0.1, 0.15) is 0 Å². The number of fused-ring (bicyclic) bond motifs is 1. The molecule has 0 radical (unpaired) electrons. The van der Waals surface area contributed by atoms with Gasteiger partial charge in [-0.3, -0.25) is 4.98 Å². The number of anilines is 1. The summed E-state index contributed by atoms with van der Waals surface area (Å²) in [5.41, 5.74) is 2.13. The van der Waals surface area contributed by atoms with Crippen molar-refractivity contribution in [3.8, 4) is 0 Å². The minimum atomic E-state index is 0.443. The van der Waals surface area contributed by atoms with Crippen LogP contribution < -0.4 is 5.32 Å². The van der Waals surface area contributed by atoms with Crippen molar-refractivity contribution in [2.45, 2.75) is 19.9 Å². The Hall–Kier alpha value is -1.57.